The largest absolute Gasteiger partial charge is 0.346 e. The lowest BCUT2D eigenvalue weighted by Crippen LogP contribution is -2.54. The summed E-state index contributed by atoms with van der Waals surface area (Å²) >= 11 is 0.331. The molecule has 0 rings (SSSR count). The summed E-state index contributed by atoms with van der Waals surface area (Å²) < 4.78 is 89.2. The third-order valence-electron chi connectivity index (χ3n) is 1.97. The second-order valence-electron chi connectivity index (χ2n) is 3.74. The van der Waals surface area contributed by atoms with Crippen LogP contribution in [-0.2, 0) is 4.79 Å². The molecule has 0 aromatic rings. The molecule has 0 aromatic heterocycles. The van der Waals surface area contributed by atoms with Gasteiger partial charge < -0.3 is 0 Å². The van der Waals surface area contributed by atoms with E-state index < -0.39 is 41.2 Å². The van der Waals surface area contributed by atoms with Gasteiger partial charge in [0.05, 0.1) is 0 Å². The minimum Gasteiger partial charge on any atom is -0.288 e. The molecule has 0 aliphatic rings. The van der Waals surface area contributed by atoms with Gasteiger partial charge in [0.25, 0.3) is 5.92 Å². The number of carbonyl (C=O) groups excluding carboxylic acids is 1. The van der Waals surface area contributed by atoms with Crippen LogP contribution in [0.15, 0.2) is 0 Å². The standard InChI is InChI=1S/C9H11F7OS/c1-5(17)18-4-3-8(13,14)9(15,16)6(10)7(2,11)12/h6H,3-4H2,1-2H3. The van der Waals surface area contributed by atoms with Gasteiger partial charge in [0.15, 0.2) is 5.12 Å². The fraction of sp³-hybridized carbons (Fsp3) is 0.889. The highest BCUT2D eigenvalue weighted by atomic mass is 32.2. The zero-order valence-electron chi connectivity index (χ0n) is 9.45. The summed E-state index contributed by atoms with van der Waals surface area (Å²) in [6.07, 6.45) is -5.86. The molecule has 0 bridgehead atoms. The number of alkyl halides is 7. The summed E-state index contributed by atoms with van der Waals surface area (Å²) in [4.78, 5) is 10.4. The van der Waals surface area contributed by atoms with E-state index in [9.17, 15) is 35.5 Å². The van der Waals surface area contributed by atoms with Crippen molar-refractivity contribution in [3.8, 4) is 0 Å². The summed E-state index contributed by atoms with van der Waals surface area (Å²) in [5.41, 5.74) is 0. The molecular formula is C9H11F7OS. The summed E-state index contributed by atoms with van der Waals surface area (Å²) in [5.74, 6) is -15.7. The lowest BCUT2D eigenvalue weighted by Gasteiger charge is -2.31. The van der Waals surface area contributed by atoms with Gasteiger partial charge >= 0.3 is 11.8 Å². The molecular weight excluding hydrogens is 289 g/mol. The predicted octanol–water partition coefficient (Wildman–Crippen LogP) is 3.92. The first-order valence-corrected chi connectivity index (χ1v) is 5.72. The van der Waals surface area contributed by atoms with E-state index in [1.807, 2.05) is 0 Å². The van der Waals surface area contributed by atoms with Crippen LogP contribution in [0.2, 0.25) is 0 Å². The third kappa shape index (κ3) is 4.33. The van der Waals surface area contributed by atoms with E-state index in [4.69, 9.17) is 0 Å². The zero-order valence-corrected chi connectivity index (χ0v) is 10.3. The first-order valence-electron chi connectivity index (χ1n) is 4.73. The average molecular weight is 300 g/mol. The Hall–Kier alpha value is -0.470. The van der Waals surface area contributed by atoms with Crippen molar-refractivity contribution in [1.29, 1.82) is 0 Å². The minimum absolute atomic E-state index is 0.202. The molecule has 0 fully saturated rings. The van der Waals surface area contributed by atoms with Gasteiger partial charge in [-0.2, -0.15) is 17.6 Å². The van der Waals surface area contributed by atoms with Crippen LogP contribution in [0.3, 0.4) is 0 Å². The lowest BCUT2D eigenvalue weighted by atomic mass is 10.0. The number of carbonyl (C=O) groups is 1. The summed E-state index contributed by atoms with van der Waals surface area (Å²) in [5, 5.41) is -0.591. The molecule has 0 amide bonds. The van der Waals surface area contributed by atoms with Crippen molar-refractivity contribution in [3.05, 3.63) is 0 Å². The highest BCUT2D eigenvalue weighted by Gasteiger charge is 2.66. The molecule has 1 unspecified atom stereocenters. The predicted molar refractivity (Wildman–Crippen MR) is 53.2 cm³/mol. The van der Waals surface area contributed by atoms with Gasteiger partial charge in [-0.05, 0) is 0 Å². The van der Waals surface area contributed by atoms with E-state index in [1.54, 1.807) is 0 Å². The van der Waals surface area contributed by atoms with Crippen LogP contribution >= 0.6 is 11.8 Å². The number of hydrogen-bond donors (Lipinski definition) is 0. The molecule has 0 aliphatic heterocycles. The van der Waals surface area contributed by atoms with E-state index in [1.165, 1.54) is 0 Å². The molecule has 0 saturated heterocycles. The van der Waals surface area contributed by atoms with Crippen LogP contribution in [-0.4, -0.2) is 34.8 Å². The summed E-state index contributed by atoms with van der Waals surface area (Å²) in [6, 6.07) is 0. The van der Waals surface area contributed by atoms with Gasteiger partial charge in [-0.3, -0.25) is 4.79 Å². The maximum absolute atomic E-state index is 13.0. The van der Waals surface area contributed by atoms with Crippen LogP contribution in [0.25, 0.3) is 0 Å². The monoisotopic (exact) mass is 300 g/mol. The Kier molecular flexibility index (Phi) is 5.52. The second kappa shape index (κ2) is 5.66. The first-order chi connectivity index (χ1) is 7.82. The molecule has 1 nitrogen and oxygen atoms in total. The van der Waals surface area contributed by atoms with Crippen LogP contribution in [0, 0.1) is 0 Å². The molecule has 0 aliphatic carbocycles. The smallest absolute Gasteiger partial charge is 0.288 e. The van der Waals surface area contributed by atoms with Gasteiger partial charge in [-0.15, -0.1) is 0 Å². The molecule has 18 heavy (non-hydrogen) atoms. The van der Waals surface area contributed by atoms with Crippen molar-refractivity contribution in [2.24, 2.45) is 0 Å². The van der Waals surface area contributed by atoms with Crippen molar-refractivity contribution in [1.82, 2.24) is 0 Å². The second-order valence-corrected chi connectivity index (χ2v) is 5.01. The summed E-state index contributed by atoms with van der Waals surface area (Å²) in [7, 11) is 0. The Bertz CT molecular complexity index is 300. The Labute approximate surface area is 103 Å². The molecule has 9 heteroatoms. The molecule has 108 valence electrons. The van der Waals surface area contributed by atoms with Crippen LogP contribution < -0.4 is 0 Å². The fourth-order valence-electron chi connectivity index (χ4n) is 0.993. The van der Waals surface area contributed by atoms with Crippen molar-refractivity contribution in [3.63, 3.8) is 0 Å². The highest BCUT2D eigenvalue weighted by molar-refractivity contribution is 8.13. The number of rotatable bonds is 6. The van der Waals surface area contributed by atoms with Gasteiger partial charge in [-0.1, -0.05) is 11.8 Å². The molecule has 1 atom stereocenters. The SMILES string of the molecule is CC(=O)SCCC(F)(F)C(F)(F)C(F)C(C)(F)F. The van der Waals surface area contributed by atoms with Crippen molar-refractivity contribution in [2.75, 3.05) is 5.75 Å². The van der Waals surface area contributed by atoms with Crippen molar-refractivity contribution >= 4 is 16.9 Å². The normalized spacial score (nSPS) is 15.6. The molecule has 0 aromatic carbocycles. The van der Waals surface area contributed by atoms with Crippen LogP contribution in [0.5, 0.6) is 0 Å². The Morgan fingerprint density at radius 2 is 1.61 bits per heavy atom. The van der Waals surface area contributed by atoms with E-state index in [-0.39, 0.29) is 6.92 Å². The zero-order chi connectivity index (χ0) is 14.8. The third-order valence-corrected chi connectivity index (χ3v) is 2.79. The quantitative estimate of drug-likeness (QED) is 0.692. The van der Waals surface area contributed by atoms with E-state index in [0.717, 1.165) is 6.92 Å². The molecule has 0 saturated carbocycles. The highest BCUT2D eigenvalue weighted by Crippen LogP contribution is 2.45. The van der Waals surface area contributed by atoms with Crippen molar-refractivity contribution < 1.29 is 35.5 Å². The van der Waals surface area contributed by atoms with E-state index >= 15 is 0 Å². The summed E-state index contributed by atoms with van der Waals surface area (Å²) in [6.45, 7) is 0.824. The Morgan fingerprint density at radius 1 is 1.17 bits per heavy atom. The maximum atomic E-state index is 13.0. The van der Waals surface area contributed by atoms with Crippen molar-refractivity contribution in [2.45, 2.75) is 44.2 Å². The van der Waals surface area contributed by atoms with Gasteiger partial charge in [-0.25, -0.2) is 13.2 Å². The molecule has 0 radical (unpaired) electrons. The fourth-order valence-corrected chi connectivity index (χ4v) is 1.64. The number of hydrogen-bond acceptors (Lipinski definition) is 2. The van der Waals surface area contributed by atoms with Gasteiger partial charge in [0, 0.05) is 26.0 Å². The molecule has 0 heterocycles. The van der Waals surface area contributed by atoms with Crippen LogP contribution in [0.4, 0.5) is 30.7 Å². The number of thioether (sulfide) groups is 1. The lowest BCUT2D eigenvalue weighted by molar-refractivity contribution is -0.274. The van der Waals surface area contributed by atoms with E-state index in [2.05, 4.69) is 0 Å². The average Bonchev–Trinajstić information content (AvgIpc) is 2.13. The van der Waals surface area contributed by atoms with Gasteiger partial charge in [0.1, 0.15) is 0 Å². The van der Waals surface area contributed by atoms with E-state index in [0.29, 0.717) is 11.8 Å². The maximum Gasteiger partial charge on any atom is 0.346 e. The number of halogens is 7. The minimum atomic E-state index is -5.50. The first kappa shape index (κ1) is 17.5. The molecule has 0 spiro atoms. The van der Waals surface area contributed by atoms with Crippen LogP contribution in [0.1, 0.15) is 20.3 Å². The van der Waals surface area contributed by atoms with Gasteiger partial charge in [0.2, 0.25) is 6.17 Å². The topological polar surface area (TPSA) is 17.1 Å². The Balaban J connectivity index is 4.79. The Morgan fingerprint density at radius 3 is 1.94 bits per heavy atom. The molecule has 0 N–H and O–H groups in total.